The van der Waals surface area contributed by atoms with Gasteiger partial charge in [-0.25, -0.2) is 0 Å². The molecule has 0 aliphatic carbocycles. The maximum absolute atomic E-state index is 5.63. The summed E-state index contributed by atoms with van der Waals surface area (Å²) in [6.45, 7) is 6.47. The number of benzene rings is 1. The highest BCUT2D eigenvalue weighted by Crippen LogP contribution is 2.30. The largest absolute Gasteiger partial charge is 0.381 e. The van der Waals surface area contributed by atoms with E-state index in [9.17, 15) is 0 Å². The summed E-state index contributed by atoms with van der Waals surface area (Å²) in [5.41, 5.74) is 2.23. The van der Waals surface area contributed by atoms with Crippen molar-refractivity contribution in [3.8, 4) is 0 Å². The highest BCUT2D eigenvalue weighted by Gasteiger charge is 2.30. The summed E-state index contributed by atoms with van der Waals surface area (Å²) < 4.78 is 11.2. The Morgan fingerprint density at radius 3 is 2.81 bits per heavy atom. The summed E-state index contributed by atoms with van der Waals surface area (Å²) in [4.78, 5) is 9.05. The van der Waals surface area contributed by atoms with Crippen molar-refractivity contribution in [3.63, 3.8) is 0 Å². The molecule has 3 aromatic rings. The lowest BCUT2D eigenvalue weighted by Crippen LogP contribution is -2.32. The van der Waals surface area contributed by atoms with Gasteiger partial charge in [-0.05, 0) is 42.5 Å². The number of fused-ring (bicyclic) bond motifs is 1. The number of hydrogen-bond donors (Lipinski definition) is 1. The first-order valence-electron chi connectivity index (χ1n) is 9.69. The van der Waals surface area contributed by atoms with Gasteiger partial charge in [0, 0.05) is 37.3 Å². The molecule has 0 radical (unpaired) electrons. The van der Waals surface area contributed by atoms with E-state index in [0.29, 0.717) is 11.8 Å². The number of nitrogens with one attached hydrogen (secondary N) is 1. The van der Waals surface area contributed by atoms with Crippen LogP contribution in [-0.2, 0) is 11.3 Å². The Morgan fingerprint density at radius 2 is 2.04 bits per heavy atom. The Bertz CT molecular complexity index is 887. The molecule has 0 saturated carbocycles. The van der Waals surface area contributed by atoms with E-state index in [1.165, 1.54) is 5.56 Å². The zero-order valence-corrected chi connectivity index (χ0v) is 15.9. The van der Waals surface area contributed by atoms with E-state index >= 15 is 0 Å². The van der Waals surface area contributed by atoms with Gasteiger partial charge in [-0.1, -0.05) is 31.1 Å². The van der Waals surface area contributed by atoms with Gasteiger partial charge in [0.05, 0.1) is 11.6 Å². The van der Waals surface area contributed by atoms with Gasteiger partial charge in [-0.15, -0.1) is 0 Å². The van der Waals surface area contributed by atoms with Crippen molar-refractivity contribution in [1.29, 1.82) is 0 Å². The van der Waals surface area contributed by atoms with E-state index in [4.69, 9.17) is 9.26 Å². The van der Waals surface area contributed by atoms with Crippen LogP contribution < -0.4 is 5.32 Å². The lowest BCUT2D eigenvalue weighted by Gasteiger charge is -2.28. The maximum atomic E-state index is 5.63. The van der Waals surface area contributed by atoms with Crippen LogP contribution in [0.25, 0.3) is 10.9 Å². The summed E-state index contributed by atoms with van der Waals surface area (Å²) in [7, 11) is 0. The van der Waals surface area contributed by atoms with Gasteiger partial charge in [0.25, 0.3) is 0 Å². The quantitative estimate of drug-likeness (QED) is 0.711. The van der Waals surface area contributed by atoms with E-state index < -0.39 is 0 Å². The second-order valence-corrected chi connectivity index (χ2v) is 7.48. The van der Waals surface area contributed by atoms with Gasteiger partial charge in [0.15, 0.2) is 5.82 Å². The molecule has 1 N–H and O–H groups in total. The molecular weight excluding hydrogens is 340 g/mol. The molecule has 3 heterocycles. The topological polar surface area (TPSA) is 73.1 Å². The second kappa shape index (κ2) is 8.15. The average Bonchev–Trinajstić information content (AvgIpc) is 3.19. The molecule has 1 unspecified atom stereocenters. The molecule has 4 rings (SSSR count). The van der Waals surface area contributed by atoms with Crippen LogP contribution in [0.4, 0.5) is 0 Å². The zero-order valence-electron chi connectivity index (χ0n) is 15.9. The standard InChI is InChI=1S/C21H26N4O2/c1-14(2)20-24-21(27-25-20)19(16-7-10-26-11-8-16)23-13-15-5-6-18-17(12-15)4-3-9-22-18/h3-6,9,12,14,16,19,23H,7-8,10-11,13H2,1-2H3. The van der Waals surface area contributed by atoms with Gasteiger partial charge >= 0.3 is 0 Å². The Hall–Kier alpha value is -2.31. The first-order valence-corrected chi connectivity index (χ1v) is 9.69. The van der Waals surface area contributed by atoms with Crippen LogP contribution in [0.3, 0.4) is 0 Å². The normalized spacial score (nSPS) is 16.9. The summed E-state index contributed by atoms with van der Waals surface area (Å²) in [6.07, 6.45) is 3.82. The molecule has 1 aromatic carbocycles. The van der Waals surface area contributed by atoms with Crippen LogP contribution in [-0.4, -0.2) is 28.3 Å². The molecule has 0 bridgehead atoms. The highest BCUT2D eigenvalue weighted by molar-refractivity contribution is 5.78. The number of pyridine rings is 1. The van der Waals surface area contributed by atoms with E-state index in [0.717, 1.165) is 49.3 Å². The molecule has 1 saturated heterocycles. The third-order valence-corrected chi connectivity index (χ3v) is 5.17. The third kappa shape index (κ3) is 4.17. The molecule has 142 valence electrons. The minimum atomic E-state index is 0.0403. The van der Waals surface area contributed by atoms with Crippen molar-refractivity contribution in [2.75, 3.05) is 13.2 Å². The summed E-state index contributed by atoms with van der Waals surface area (Å²) in [5, 5.41) is 8.98. The van der Waals surface area contributed by atoms with E-state index in [2.05, 4.69) is 58.6 Å². The summed E-state index contributed by atoms with van der Waals surface area (Å²) in [5.74, 6) is 2.14. The summed E-state index contributed by atoms with van der Waals surface area (Å²) in [6, 6.07) is 10.5. The SMILES string of the molecule is CC(C)c1noc(C(NCc2ccc3ncccc3c2)C2CCOCC2)n1. The monoisotopic (exact) mass is 366 g/mol. The molecule has 1 aliphatic heterocycles. The molecule has 1 atom stereocenters. The van der Waals surface area contributed by atoms with Crippen molar-refractivity contribution < 1.29 is 9.26 Å². The van der Waals surface area contributed by atoms with Gasteiger partial charge < -0.3 is 14.6 Å². The fourth-order valence-corrected chi connectivity index (χ4v) is 3.58. The first kappa shape index (κ1) is 18.1. The van der Waals surface area contributed by atoms with Crippen LogP contribution in [0.1, 0.15) is 55.9 Å². The number of ether oxygens (including phenoxy) is 1. The van der Waals surface area contributed by atoms with Crippen LogP contribution in [0.15, 0.2) is 41.1 Å². The molecule has 1 fully saturated rings. The third-order valence-electron chi connectivity index (χ3n) is 5.17. The number of aromatic nitrogens is 3. The minimum absolute atomic E-state index is 0.0403. The van der Waals surface area contributed by atoms with Crippen molar-refractivity contribution in [2.45, 2.75) is 45.2 Å². The molecule has 6 nitrogen and oxygen atoms in total. The van der Waals surface area contributed by atoms with Gasteiger partial charge in [-0.2, -0.15) is 4.98 Å². The Labute approximate surface area is 159 Å². The lowest BCUT2D eigenvalue weighted by molar-refractivity contribution is 0.0485. The van der Waals surface area contributed by atoms with E-state index in [1.807, 2.05) is 12.3 Å². The van der Waals surface area contributed by atoms with Crippen LogP contribution in [0, 0.1) is 5.92 Å². The van der Waals surface area contributed by atoms with Crippen molar-refractivity contribution in [3.05, 3.63) is 53.8 Å². The first-order chi connectivity index (χ1) is 13.2. The zero-order chi connectivity index (χ0) is 18.6. The molecule has 6 heteroatoms. The van der Waals surface area contributed by atoms with Crippen molar-refractivity contribution >= 4 is 10.9 Å². The lowest BCUT2D eigenvalue weighted by atomic mass is 9.91. The van der Waals surface area contributed by atoms with Gasteiger partial charge in [0.2, 0.25) is 5.89 Å². The van der Waals surface area contributed by atoms with Crippen LogP contribution >= 0.6 is 0 Å². The highest BCUT2D eigenvalue weighted by atomic mass is 16.5. The van der Waals surface area contributed by atoms with Crippen molar-refractivity contribution in [2.24, 2.45) is 5.92 Å². The van der Waals surface area contributed by atoms with Crippen LogP contribution in [0.5, 0.6) is 0 Å². The fourth-order valence-electron chi connectivity index (χ4n) is 3.58. The van der Waals surface area contributed by atoms with Crippen molar-refractivity contribution in [1.82, 2.24) is 20.4 Å². The number of nitrogens with zero attached hydrogens (tertiary/aromatic N) is 3. The molecule has 27 heavy (non-hydrogen) atoms. The Balaban J connectivity index is 1.53. The fraction of sp³-hybridized carbons (Fsp3) is 0.476. The maximum Gasteiger partial charge on any atom is 0.244 e. The predicted octanol–water partition coefficient (Wildman–Crippen LogP) is 4.00. The molecule has 1 aliphatic rings. The van der Waals surface area contributed by atoms with E-state index in [1.54, 1.807) is 0 Å². The minimum Gasteiger partial charge on any atom is -0.381 e. The number of hydrogen-bond acceptors (Lipinski definition) is 6. The predicted molar refractivity (Wildman–Crippen MR) is 103 cm³/mol. The average molecular weight is 366 g/mol. The molecule has 0 amide bonds. The molecule has 2 aromatic heterocycles. The van der Waals surface area contributed by atoms with Gasteiger partial charge in [-0.3, -0.25) is 4.98 Å². The Kier molecular flexibility index (Phi) is 5.45. The summed E-state index contributed by atoms with van der Waals surface area (Å²) >= 11 is 0. The molecular formula is C21H26N4O2. The Morgan fingerprint density at radius 1 is 1.19 bits per heavy atom. The number of rotatable bonds is 6. The van der Waals surface area contributed by atoms with Crippen LogP contribution in [0.2, 0.25) is 0 Å². The van der Waals surface area contributed by atoms with Gasteiger partial charge in [0.1, 0.15) is 0 Å². The van der Waals surface area contributed by atoms with E-state index in [-0.39, 0.29) is 12.0 Å². The molecule has 0 spiro atoms. The smallest absolute Gasteiger partial charge is 0.244 e. The second-order valence-electron chi connectivity index (χ2n) is 7.48.